The number of hydrogen-bond acceptors (Lipinski definition) is 6. The SMILES string of the molecule is CCC(=O)N1c2ccccc2-c2nnc(SCC(C)C)nc2OC1c1ccc(Br)cc1. The van der Waals surface area contributed by atoms with E-state index in [-0.39, 0.29) is 5.91 Å². The van der Waals surface area contributed by atoms with Gasteiger partial charge in [-0.25, -0.2) is 0 Å². The van der Waals surface area contributed by atoms with E-state index in [2.05, 4.69) is 45.0 Å². The van der Waals surface area contributed by atoms with Crippen LogP contribution in [0.15, 0.2) is 58.2 Å². The number of fused-ring (bicyclic) bond motifs is 3. The summed E-state index contributed by atoms with van der Waals surface area (Å²) >= 11 is 5.03. The van der Waals surface area contributed by atoms with Gasteiger partial charge in [0.2, 0.25) is 23.2 Å². The van der Waals surface area contributed by atoms with E-state index in [1.807, 2.05) is 55.5 Å². The van der Waals surface area contributed by atoms with Gasteiger partial charge in [0.1, 0.15) is 0 Å². The first kappa shape index (κ1) is 21.8. The van der Waals surface area contributed by atoms with Crippen LogP contribution >= 0.6 is 27.7 Å². The molecule has 1 aliphatic heterocycles. The van der Waals surface area contributed by atoms with Gasteiger partial charge in [-0.3, -0.25) is 9.69 Å². The molecule has 3 aromatic rings. The number of rotatable bonds is 5. The van der Waals surface area contributed by atoms with Crippen LogP contribution in [0.4, 0.5) is 5.69 Å². The number of amides is 1. The summed E-state index contributed by atoms with van der Waals surface area (Å²) in [7, 11) is 0. The summed E-state index contributed by atoms with van der Waals surface area (Å²) in [4.78, 5) is 19.5. The highest BCUT2D eigenvalue weighted by molar-refractivity contribution is 9.10. The average Bonchev–Trinajstić information content (AvgIpc) is 2.92. The van der Waals surface area contributed by atoms with Gasteiger partial charge in [0.25, 0.3) is 0 Å². The van der Waals surface area contributed by atoms with Crippen LogP contribution in [0.2, 0.25) is 0 Å². The number of hydrogen-bond donors (Lipinski definition) is 0. The molecule has 0 bridgehead atoms. The summed E-state index contributed by atoms with van der Waals surface area (Å²) in [5.41, 5.74) is 2.90. The minimum absolute atomic E-state index is 0.0458. The molecule has 0 radical (unpaired) electrons. The second-order valence-electron chi connectivity index (χ2n) is 7.61. The third-order valence-corrected chi connectivity index (χ3v) is 6.58. The lowest BCUT2D eigenvalue weighted by Gasteiger charge is -2.30. The molecule has 8 heteroatoms. The summed E-state index contributed by atoms with van der Waals surface area (Å²) in [5.74, 6) is 1.72. The van der Waals surface area contributed by atoms with E-state index in [9.17, 15) is 4.79 Å². The van der Waals surface area contributed by atoms with E-state index >= 15 is 0 Å². The standard InChI is InChI=1S/C23H23BrN4O2S/c1-4-19(29)28-18-8-6-5-7-17(18)20-21(25-23(27-26-20)31-13-14(2)3)30-22(28)15-9-11-16(24)12-10-15/h5-12,14,22H,4,13H2,1-3H3. The number of anilines is 1. The molecule has 160 valence electrons. The third-order valence-electron chi connectivity index (χ3n) is 4.78. The van der Waals surface area contributed by atoms with Crippen molar-refractivity contribution in [3.05, 3.63) is 58.6 Å². The zero-order chi connectivity index (χ0) is 22.0. The maximum Gasteiger partial charge on any atom is 0.247 e. The Labute approximate surface area is 194 Å². The van der Waals surface area contributed by atoms with Crippen LogP contribution in [0.25, 0.3) is 11.3 Å². The number of aromatic nitrogens is 3. The van der Waals surface area contributed by atoms with E-state index in [0.717, 1.165) is 27.0 Å². The first-order valence-electron chi connectivity index (χ1n) is 10.2. The molecule has 4 rings (SSSR count). The number of ether oxygens (including phenoxy) is 1. The molecule has 0 N–H and O–H groups in total. The summed E-state index contributed by atoms with van der Waals surface area (Å²) in [5, 5.41) is 9.34. The molecule has 0 saturated carbocycles. The lowest BCUT2D eigenvalue weighted by Crippen LogP contribution is -2.37. The minimum atomic E-state index is -0.664. The molecule has 1 amide bonds. The second-order valence-corrected chi connectivity index (χ2v) is 9.51. The molecular formula is C23H23BrN4O2S. The molecule has 1 atom stereocenters. The highest BCUT2D eigenvalue weighted by Crippen LogP contribution is 2.43. The fourth-order valence-electron chi connectivity index (χ4n) is 3.30. The van der Waals surface area contributed by atoms with Crippen molar-refractivity contribution in [2.75, 3.05) is 10.7 Å². The van der Waals surface area contributed by atoms with Crippen LogP contribution in [0, 0.1) is 5.92 Å². The average molecular weight is 499 g/mol. The van der Waals surface area contributed by atoms with E-state index in [4.69, 9.17) is 4.74 Å². The molecule has 0 spiro atoms. The molecule has 0 fully saturated rings. The van der Waals surface area contributed by atoms with Crippen molar-refractivity contribution in [1.29, 1.82) is 0 Å². The summed E-state index contributed by atoms with van der Waals surface area (Å²) in [6, 6.07) is 15.4. The van der Waals surface area contributed by atoms with Crippen molar-refractivity contribution < 1.29 is 9.53 Å². The Morgan fingerprint density at radius 2 is 1.90 bits per heavy atom. The van der Waals surface area contributed by atoms with Gasteiger partial charge in [-0.05, 0) is 24.1 Å². The van der Waals surface area contributed by atoms with Gasteiger partial charge in [0.15, 0.2) is 5.69 Å². The van der Waals surface area contributed by atoms with Crippen LogP contribution in [-0.2, 0) is 4.79 Å². The van der Waals surface area contributed by atoms with Crippen LogP contribution < -0.4 is 9.64 Å². The van der Waals surface area contributed by atoms with E-state index in [0.29, 0.717) is 29.1 Å². The summed E-state index contributed by atoms with van der Waals surface area (Å²) in [6.07, 6.45) is -0.321. The Bertz CT molecular complexity index is 1090. The van der Waals surface area contributed by atoms with Crippen molar-refractivity contribution in [3.8, 4) is 17.1 Å². The predicted molar refractivity (Wildman–Crippen MR) is 126 cm³/mol. The number of thioether (sulfide) groups is 1. The van der Waals surface area contributed by atoms with Crippen molar-refractivity contribution >= 4 is 39.3 Å². The quantitative estimate of drug-likeness (QED) is 0.408. The van der Waals surface area contributed by atoms with Crippen LogP contribution in [0.3, 0.4) is 0 Å². The van der Waals surface area contributed by atoms with E-state index < -0.39 is 6.23 Å². The molecule has 1 unspecified atom stereocenters. The monoisotopic (exact) mass is 498 g/mol. The van der Waals surface area contributed by atoms with Crippen molar-refractivity contribution in [2.24, 2.45) is 5.92 Å². The topological polar surface area (TPSA) is 68.2 Å². The van der Waals surface area contributed by atoms with Crippen LogP contribution in [0.1, 0.15) is 39.0 Å². The first-order valence-corrected chi connectivity index (χ1v) is 12.0. The summed E-state index contributed by atoms with van der Waals surface area (Å²) in [6.45, 7) is 6.14. The molecule has 1 aromatic heterocycles. The lowest BCUT2D eigenvalue weighted by molar-refractivity contribution is -0.120. The van der Waals surface area contributed by atoms with E-state index in [1.54, 1.807) is 16.7 Å². The summed E-state index contributed by atoms with van der Waals surface area (Å²) < 4.78 is 7.37. The number of nitrogens with zero attached hydrogens (tertiary/aromatic N) is 4. The molecule has 0 saturated heterocycles. The maximum absolute atomic E-state index is 13.1. The smallest absolute Gasteiger partial charge is 0.247 e. The normalized spacial score (nSPS) is 15.1. The largest absolute Gasteiger partial charge is 0.447 e. The van der Waals surface area contributed by atoms with Gasteiger partial charge < -0.3 is 4.74 Å². The molecular weight excluding hydrogens is 476 g/mol. The minimum Gasteiger partial charge on any atom is -0.447 e. The molecule has 31 heavy (non-hydrogen) atoms. The fraction of sp³-hybridized carbons (Fsp3) is 0.304. The van der Waals surface area contributed by atoms with Crippen molar-refractivity contribution in [3.63, 3.8) is 0 Å². The highest BCUT2D eigenvalue weighted by Gasteiger charge is 2.35. The zero-order valence-corrected chi connectivity index (χ0v) is 20.0. The van der Waals surface area contributed by atoms with Gasteiger partial charge in [-0.15, -0.1) is 10.2 Å². The lowest BCUT2D eigenvalue weighted by atomic mass is 10.1. The van der Waals surface area contributed by atoms with Crippen LogP contribution in [-0.4, -0.2) is 26.8 Å². The van der Waals surface area contributed by atoms with Gasteiger partial charge >= 0.3 is 0 Å². The molecule has 2 heterocycles. The Hall–Kier alpha value is -2.45. The van der Waals surface area contributed by atoms with Gasteiger partial charge in [0.05, 0.1) is 5.69 Å². The molecule has 0 aliphatic carbocycles. The zero-order valence-electron chi connectivity index (χ0n) is 17.6. The molecule has 2 aromatic carbocycles. The fourth-order valence-corrected chi connectivity index (χ4v) is 4.29. The molecule has 6 nitrogen and oxygen atoms in total. The Morgan fingerprint density at radius 3 is 2.61 bits per heavy atom. The number of carbonyl (C=O) groups excluding carboxylic acids is 1. The Balaban J connectivity index is 1.87. The number of carbonyl (C=O) groups is 1. The highest BCUT2D eigenvalue weighted by atomic mass is 79.9. The second kappa shape index (κ2) is 9.36. The van der Waals surface area contributed by atoms with E-state index in [1.165, 1.54) is 0 Å². The maximum atomic E-state index is 13.1. The van der Waals surface area contributed by atoms with Gasteiger partial charge in [0, 0.05) is 27.8 Å². The predicted octanol–water partition coefficient (Wildman–Crippen LogP) is 5.88. The van der Waals surface area contributed by atoms with Crippen molar-refractivity contribution in [1.82, 2.24) is 15.2 Å². The number of halogens is 1. The number of benzene rings is 2. The van der Waals surface area contributed by atoms with Crippen molar-refractivity contribution in [2.45, 2.75) is 38.6 Å². The third kappa shape index (κ3) is 4.60. The molecule has 1 aliphatic rings. The number of para-hydroxylation sites is 1. The first-order chi connectivity index (χ1) is 15.0. The Kier molecular flexibility index (Phi) is 6.57. The van der Waals surface area contributed by atoms with Gasteiger partial charge in [-0.2, -0.15) is 4.98 Å². The van der Waals surface area contributed by atoms with Gasteiger partial charge in [-0.1, -0.05) is 78.8 Å². The Morgan fingerprint density at radius 1 is 1.16 bits per heavy atom. The van der Waals surface area contributed by atoms with Crippen LogP contribution in [0.5, 0.6) is 5.88 Å².